The number of benzene rings is 1. The van der Waals surface area contributed by atoms with Gasteiger partial charge in [-0.2, -0.15) is 0 Å². The van der Waals surface area contributed by atoms with Crippen molar-refractivity contribution in [3.8, 4) is 0 Å². The highest BCUT2D eigenvalue weighted by molar-refractivity contribution is 5.72. The van der Waals surface area contributed by atoms with Crippen molar-refractivity contribution >= 4 is 5.57 Å². The monoisotopic (exact) mass is 345 g/mol. The number of hydrazine groups is 1. The maximum Gasteiger partial charge on any atom is 0.130 e. The van der Waals surface area contributed by atoms with E-state index in [1.165, 1.54) is 6.07 Å². The highest BCUT2D eigenvalue weighted by atomic mass is 19.1. The zero-order valence-corrected chi connectivity index (χ0v) is 14.3. The predicted octanol–water partition coefficient (Wildman–Crippen LogP) is 1.62. The maximum absolute atomic E-state index is 14.2. The third-order valence-electron chi connectivity index (χ3n) is 6.00. The zero-order valence-electron chi connectivity index (χ0n) is 14.3. The number of nitrogens with zero attached hydrogens (tertiary/aromatic N) is 2. The van der Waals surface area contributed by atoms with E-state index >= 15 is 0 Å². The van der Waals surface area contributed by atoms with Crippen LogP contribution in [0.25, 0.3) is 5.57 Å². The fourth-order valence-electron chi connectivity index (χ4n) is 4.67. The molecule has 6 heteroatoms. The molecule has 1 N–H and O–H groups in total. The van der Waals surface area contributed by atoms with Gasteiger partial charge in [0.15, 0.2) is 0 Å². The van der Waals surface area contributed by atoms with Gasteiger partial charge in [-0.05, 0) is 18.9 Å². The minimum Gasteiger partial charge on any atom is -0.381 e. The summed E-state index contributed by atoms with van der Waals surface area (Å²) in [5.74, 6) is -0.161. The van der Waals surface area contributed by atoms with Gasteiger partial charge in [-0.25, -0.2) is 9.82 Å². The van der Waals surface area contributed by atoms with E-state index in [0.717, 1.165) is 50.4 Å². The molecule has 4 aliphatic heterocycles. The molecular weight excluding hydrogens is 321 g/mol. The molecule has 2 atom stereocenters. The molecular formula is C19H24FN3O2. The first kappa shape index (κ1) is 15.8. The van der Waals surface area contributed by atoms with Crippen molar-refractivity contribution in [3.05, 3.63) is 41.3 Å². The zero-order chi connectivity index (χ0) is 16.8. The standard InChI is InChI=1S/C19H24FN3O2/c20-16-4-2-1-3-14(16)15-9-21-23-17-10-22(13-5-7-24-8-6-13)11-19(17)25-12-18(15)23/h1-4,13,17,19,21H,5-12H2/t17-,19-/m0/s1. The second-order valence-electron chi connectivity index (χ2n) is 7.32. The lowest BCUT2D eigenvalue weighted by molar-refractivity contribution is -0.0290. The molecule has 4 aliphatic rings. The van der Waals surface area contributed by atoms with E-state index in [1.807, 2.05) is 12.1 Å². The van der Waals surface area contributed by atoms with E-state index < -0.39 is 0 Å². The number of likely N-dealkylation sites (tertiary alicyclic amines) is 1. The smallest absolute Gasteiger partial charge is 0.130 e. The molecule has 3 fully saturated rings. The van der Waals surface area contributed by atoms with Crippen molar-refractivity contribution in [1.29, 1.82) is 0 Å². The number of rotatable bonds is 2. The molecule has 0 unspecified atom stereocenters. The van der Waals surface area contributed by atoms with Crippen LogP contribution in [0.15, 0.2) is 30.0 Å². The maximum atomic E-state index is 14.2. The molecule has 0 amide bonds. The minimum absolute atomic E-state index is 0.161. The first-order chi connectivity index (χ1) is 12.3. The highest BCUT2D eigenvalue weighted by Crippen LogP contribution is 2.36. The van der Waals surface area contributed by atoms with Crippen LogP contribution >= 0.6 is 0 Å². The van der Waals surface area contributed by atoms with Crippen LogP contribution in [0.4, 0.5) is 4.39 Å². The lowest BCUT2D eigenvalue weighted by atomic mass is 10.0. The molecule has 0 spiro atoms. The number of nitrogens with one attached hydrogen (secondary N) is 1. The van der Waals surface area contributed by atoms with Crippen molar-refractivity contribution in [2.45, 2.75) is 31.0 Å². The van der Waals surface area contributed by atoms with Crippen LogP contribution in [0.5, 0.6) is 0 Å². The van der Waals surface area contributed by atoms with Gasteiger partial charge in [-0.1, -0.05) is 18.2 Å². The van der Waals surface area contributed by atoms with Crippen molar-refractivity contribution in [3.63, 3.8) is 0 Å². The van der Waals surface area contributed by atoms with E-state index in [0.29, 0.717) is 30.8 Å². The average Bonchev–Trinajstić information content (AvgIpc) is 3.26. The van der Waals surface area contributed by atoms with Crippen LogP contribution in [0.1, 0.15) is 18.4 Å². The average molecular weight is 345 g/mol. The summed E-state index contributed by atoms with van der Waals surface area (Å²) in [4.78, 5) is 2.56. The quantitative estimate of drug-likeness (QED) is 0.882. The summed E-state index contributed by atoms with van der Waals surface area (Å²) in [6.45, 7) is 4.93. The van der Waals surface area contributed by atoms with Gasteiger partial charge in [0.05, 0.1) is 24.4 Å². The van der Waals surface area contributed by atoms with Gasteiger partial charge in [-0.15, -0.1) is 0 Å². The molecule has 0 radical (unpaired) electrons. The predicted molar refractivity (Wildman–Crippen MR) is 92.1 cm³/mol. The van der Waals surface area contributed by atoms with Crippen molar-refractivity contribution < 1.29 is 13.9 Å². The SMILES string of the molecule is Fc1ccccc1C1=C2CO[C@H]3CN(C4CCOCC4)C[C@@H]3N2NC1. The highest BCUT2D eigenvalue weighted by Gasteiger charge is 2.46. The van der Waals surface area contributed by atoms with Crippen LogP contribution in [0.3, 0.4) is 0 Å². The largest absolute Gasteiger partial charge is 0.381 e. The number of ether oxygens (including phenoxy) is 2. The molecule has 1 aromatic carbocycles. The van der Waals surface area contributed by atoms with E-state index in [2.05, 4.69) is 15.3 Å². The number of morpholine rings is 1. The van der Waals surface area contributed by atoms with Crippen LogP contribution in [-0.2, 0) is 9.47 Å². The Bertz CT molecular complexity index is 689. The number of halogens is 1. The molecule has 5 rings (SSSR count). The first-order valence-corrected chi connectivity index (χ1v) is 9.24. The fraction of sp³-hybridized carbons (Fsp3) is 0.579. The second-order valence-corrected chi connectivity index (χ2v) is 7.32. The van der Waals surface area contributed by atoms with Gasteiger partial charge in [0.25, 0.3) is 0 Å². The molecule has 0 aromatic heterocycles. The Morgan fingerprint density at radius 3 is 2.80 bits per heavy atom. The van der Waals surface area contributed by atoms with E-state index in [4.69, 9.17) is 9.47 Å². The van der Waals surface area contributed by atoms with E-state index in [-0.39, 0.29) is 11.9 Å². The third kappa shape index (κ3) is 2.68. The van der Waals surface area contributed by atoms with Gasteiger partial charge in [0.1, 0.15) is 5.82 Å². The van der Waals surface area contributed by atoms with Crippen LogP contribution in [0.2, 0.25) is 0 Å². The Morgan fingerprint density at radius 2 is 1.96 bits per heavy atom. The molecule has 5 nitrogen and oxygen atoms in total. The Kier molecular flexibility index (Phi) is 4.01. The molecule has 4 heterocycles. The van der Waals surface area contributed by atoms with Crippen LogP contribution in [-0.4, -0.2) is 67.6 Å². The first-order valence-electron chi connectivity index (χ1n) is 9.24. The Labute approximate surface area is 147 Å². The van der Waals surface area contributed by atoms with Gasteiger partial charge < -0.3 is 14.5 Å². The van der Waals surface area contributed by atoms with Crippen LogP contribution in [0, 0.1) is 5.82 Å². The molecule has 3 saturated heterocycles. The third-order valence-corrected chi connectivity index (χ3v) is 6.00. The Balaban J connectivity index is 1.38. The molecule has 1 aromatic rings. The Hall–Kier alpha value is -1.47. The molecule has 134 valence electrons. The van der Waals surface area contributed by atoms with Gasteiger partial charge >= 0.3 is 0 Å². The van der Waals surface area contributed by atoms with Gasteiger partial charge in [0.2, 0.25) is 0 Å². The number of hydrogen-bond acceptors (Lipinski definition) is 5. The van der Waals surface area contributed by atoms with E-state index in [1.54, 1.807) is 6.07 Å². The topological polar surface area (TPSA) is 37.0 Å². The number of fused-ring (bicyclic) bond motifs is 3. The molecule has 25 heavy (non-hydrogen) atoms. The number of hydrogen-bond donors (Lipinski definition) is 1. The summed E-state index contributed by atoms with van der Waals surface area (Å²) in [7, 11) is 0. The fourth-order valence-corrected chi connectivity index (χ4v) is 4.67. The summed E-state index contributed by atoms with van der Waals surface area (Å²) >= 11 is 0. The van der Waals surface area contributed by atoms with Gasteiger partial charge in [-0.3, -0.25) is 4.90 Å². The second kappa shape index (κ2) is 6.36. The van der Waals surface area contributed by atoms with Crippen molar-refractivity contribution in [1.82, 2.24) is 15.3 Å². The minimum atomic E-state index is -0.161. The van der Waals surface area contributed by atoms with Crippen molar-refractivity contribution in [2.24, 2.45) is 0 Å². The molecule has 0 saturated carbocycles. The normalized spacial score (nSPS) is 30.7. The summed E-state index contributed by atoms with van der Waals surface area (Å²) in [6, 6.07) is 7.92. The van der Waals surface area contributed by atoms with Gasteiger partial charge in [0, 0.05) is 50.0 Å². The summed E-state index contributed by atoms with van der Waals surface area (Å²) < 4.78 is 25.9. The molecule has 0 aliphatic carbocycles. The summed E-state index contributed by atoms with van der Waals surface area (Å²) in [6.07, 6.45) is 2.44. The van der Waals surface area contributed by atoms with E-state index in [9.17, 15) is 4.39 Å². The summed E-state index contributed by atoms with van der Waals surface area (Å²) in [5, 5.41) is 2.26. The van der Waals surface area contributed by atoms with Crippen molar-refractivity contribution in [2.75, 3.05) is 39.5 Å². The molecule has 0 bridgehead atoms. The lowest BCUT2D eigenvalue weighted by Crippen LogP contribution is -2.52. The lowest BCUT2D eigenvalue weighted by Gasteiger charge is -2.37. The summed E-state index contributed by atoms with van der Waals surface area (Å²) in [5.41, 5.74) is 6.31. The van der Waals surface area contributed by atoms with Crippen LogP contribution < -0.4 is 5.43 Å². The Morgan fingerprint density at radius 1 is 1.12 bits per heavy atom.